The van der Waals surface area contributed by atoms with Crippen molar-refractivity contribution in [1.82, 2.24) is 0 Å². The zero-order chi connectivity index (χ0) is 24.9. The lowest BCUT2D eigenvalue weighted by molar-refractivity contribution is 0.632. The lowest BCUT2D eigenvalue weighted by Crippen LogP contribution is -2.30. The third kappa shape index (κ3) is 3.18. The van der Waals surface area contributed by atoms with Crippen molar-refractivity contribution in [3.63, 3.8) is 0 Å². The van der Waals surface area contributed by atoms with Gasteiger partial charge in [0.25, 0.3) is 0 Å². The minimum Gasteiger partial charge on any atom is -0.310 e. The summed E-state index contributed by atoms with van der Waals surface area (Å²) in [5.41, 5.74) is 8.57. The van der Waals surface area contributed by atoms with Crippen LogP contribution in [-0.4, -0.2) is 0 Å². The van der Waals surface area contributed by atoms with Crippen molar-refractivity contribution < 1.29 is 0 Å². The first-order valence-electron chi connectivity index (χ1n) is 12.0. The highest BCUT2D eigenvalue weighted by atomic mass is 15.2. The van der Waals surface area contributed by atoms with Crippen LogP contribution in [-0.2, 0) is 5.41 Å². The molecule has 0 aliphatic carbocycles. The Kier molecular flexibility index (Phi) is 4.89. The normalized spacial score (nSPS) is 13.4. The first kappa shape index (κ1) is 21.7. The number of rotatable bonds is 2. The number of benzene rings is 5. The molecule has 0 atom stereocenters. The van der Waals surface area contributed by atoms with E-state index in [2.05, 4.69) is 110 Å². The topological polar surface area (TPSA) is 50.8 Å². The molecule has 3 heteroatoms. The molecule has 0 N–H and O–H groups in total. The number of fused-ring (bicyclic) bond motifs is 3. The van der Waals surface area contributed by atoms with Gasteiger partial charge in [-0.1, -0.05) is 74.5 Å². The summed E-state index contributed by atoms with van der Waals surface area (Å²) in [6.07, 6.45) is 0. The predicted molar refractivity (Wildman–Crippen MR) is 146 cm³/mol. The molecule has 5 aromatic carbocycles. The summed E-state index contributed by atoms with van der Waals surface area (Å²) in [6, 6.07) is 39.7. The Morgan fingerprint density at radius 1 is 0.611 bits per heavy atom. The van der Waals surface area contributed by atoms with Crippen LogP contribution >= 0.6 is 0 Å². The molecule has 1 aliphatic rings. The number of nitrogens with zero attached hydrogens (tertiary/aromatic N) is 3. The maximum absolute atomic E-state index is 9.63. The Hall–Kier alpha value is -4.86. The van der Waals surface area contributed by atoms with Crippen LogP contribution < -0.4 is 4.90 Å². The molecule has 1 aliphatic heterocycles. The molecule has 0 aromatic heterocycles. The highest BCUT2D eigenvalue weighted by Gasteiger charge is 2.36. The van der Waals surface area contributed by atoms with Gasteiger partial charge in [-0.05, 0) is 69.9 Å². The number of nitriles is 2. The van der Waals surface area contributed by atoms with Gasteiger partial charge in [0, 0.05) is 16.7 Å². The van der Waals surface area contributed by atoms with Crippen molar-refractivity contribution in [2.75, 3.05) is 4.90 Å². The molecule has 0 bridgehead atoms. The van der Waals surface area contributed by atoms with E-state index in [-0.39, 0.29) is 5.41 Å². The van der Waals surface area contributed by atoms with Crippen LogP contribution in [0.1, 0.15) is 36.1 Å². The quantitative estimate of drug-likeness (QED) is 0.265. The Morgan fingerprint density at radius 2 is 1.17 bits per heavy atom. The fourth-order valence-electron chi connectivity index (χ4n) is 5.52. The summed E-state index contributed by atoms with van der Waals surface area (Å²) in [6.45, 7) is 4.58. The van der Waals surface area contributed by atoms with E-state index in [1.54, 1.807) is 18.2 Å². The van der Waals surface area contributed by atoms with Crippen LogP contribution in [0.15, 0.2) is 103 Å². The molecular formula is C33H23N3. The van der Waals surface area contributed by atoms with Gasteiger partial charge in [-0.25, -0.2) is 0 Å². The molecule has 0 saturated heterocycles. The summed E-state index contributed by atoms with van der Waals surface area (Å²) < 4.78 is 0. The zero-order valence-corrected chi connectivity index (χ0v) is 20.2. The molecule has 0 spiro atoms. The van der Waals surface area contributed by atoms with E-state index < -0.39 is 0 Å². The Bertz CT molecular complexity index is 1670. The van der Waals surface area contributed by atoms with E-state index in [9.17, 15) is 10.5 Å². The highest BCUT2D eigenvalue weighted by Crippen LogP contribution is 2.51. The van der Waals surface area contributed by atoms with Crippen molar-refractivity contribution in [2.45, 2.75) is 19.3 Å². The third-order valence-electron chi connectivity index (χ3n) is 7.31. The molecule has 3 nitrogen and oxygen atoms in total. The summed E-state index contributed by atoms with van der Waals surface area (Å²) >= 11 is 0. The van der Waals surface area contributed by atoms with Crippen molar-refractivity contribution in [1.29, 1.82) is 10.5 Å². The van der Waals surface area contributed by atoms with Crippen molar-refractivity contribution in [3.8, 4) is 23.3 Å². The molecule has 0 unspecified atom stereocenters. The Balaban J connectivity index is 1.52. The second kappa shape index (κ2) is 8.12. The Morgan fingerprint density at radius 3 is 1.78 bits per heavy atom. The van der Waals surface area contributed by atoms with Crippen LogP contribution in [0.3, 0.4) is 0 Å². The van der Waals surface area contributed by atoms with Gasteiger partial charge in [0.05, 0.1) is 34.6 Å². The van der Waals surface area contributed by atoms with Crippen LogP contribution in [0.5, 0.6) is 0 Å². The zero-order valence-electron chi connectivity index (χ0n) is 20.2. The fraction of sp³-hybridized carbons (Fsp3) is 0.0909. The van der Waals surface area contributed by atoms with Crippen LogP contribution in [0, 0.1) is 22.7 Å². The number of anilines is 3. The summed E-state index contributed by atoms with van der Waals surface area (Å²) in [7, 11) is 0. The molecule has 0 fully saturated rings. The Labute approximate surface area is 211 Å². The summed E-state index contributed by atoms with van der Waals surface area (Å²) in [5, 5.41) is 21.4. The van der Waals surface area contributed by atoms with Gasteiger partial charge in [-0.2, -0.15) is 10.5 Å². The molecule has 5 aromatic rings. The fourth-order valence-corrected chi connectivity index (χ4v) is 5.52. The lowest BCUT2D eigenvalue weighted by atomic mass is 9.73. The van der Waals surface area contributed by atoms with Crippen LogP contribution in [0.2, 0.25) is 0 Å². The molecule has 6 rings (SSSR count). The lowest BCUT2D eigenvalue weighted by Gasteiger charge is -2.42. The predicted octanol–water partition coefficient (Wildman–Crippen LogP) is 8.36. The maximum atomic E-state index is 9.63. The van der Waals surface area contributed by atoms with Gasteiger partial charge in [-0.3, -0.25) is 0 Å². The highest BCUT2D eigenvalue weighted by molar-refractivity contribution is 5.94. The third-order valence-corrected chi connectivity index (χ3v) is 7.31. The standard InChI is InChI=1S/C33H23N3/c1-33(2)28-10-3-5-12-30(28)36(31-13-6-4-11-29(31)33)27-17-16-22-18-24(15-14-23(22)19-27)32-25(20-34)8-7-9-26(32)21-35/h3-19H,1-2H3. The van der Waals surface area contributed by atoms with Crippen molar-refractivity contribution in [2.24, 2.45) is 0 Å². The SMILES string of the molecule is CC1(C)c2ccccc2N(c2ccc3cc(-c4c(C#N)cccc4C#N)ccc3c2)c2ccccc21. The number of hydrogen-bond donors (Lipinski definition) is 0. The second-order valence-electron chi connectivity index (χ2n) is 9.69. The van der Waals surface area contributed by atoms with Gasteiger partial charge in [0.15, 0.2) is 0 Å². The van der Waals surface area contributed by atoms with E-state index in [1.165, 1.54) is 22.5 Å². The van der Waals surface area contributed by atoms with E-state index >= 15 is 0 Å². The molecule has 0 amide bonds. The molecule has 170 valence electrons. The smallest absolute Gasteiger partial charge is 0.0998 e. The minimum absolute atomic E-state index is 0.0952. The molecule has 36 heavy (non-hydrogen) atoms. The summed E-state index contributed by atoms with van der Waals surface area (Å²) in [5.74, 6) is 0. The average molecular weight is 462 g/mol. The van der Waals surface area contributed by atoms with Crippen LogP contribution in [0.4, 0.5) is 17.1 Å². The second-order valence-corrected chi connectivity index (χ2v) is 9.69. The van der Waals surface area contributed by atoms with Gasteiger partial charge >= 0.3 is 0 Å². The largest absolute Gasteiger partial charge is 0.310 e. The summed E-state index contributed by atoms with van der Waals surface area (Å²) in [4.78, 5) is 2.35. The van der Waals surface area contributed by atoms with Crippen molar-refractivity contribution >= 4 is 27.8 Å². The van der Waals surface area contributed by atoms with E-state index in [0.29, 0.717) is 16.7 Å². The molecule has 0 radical (unpaired) electrons. The molecule has 1 heterocycles. The number of para-hydroxylation sites is 2. The van der Waals surface area contributed by atoms with Gasteiger partial charge in [0.2, 0.25) is 0 Å². The molecule has 0 saturated carbocycles. The van der Waals surface area contributed by atoms with E-state index in [4.69, 9.17) is 0 Å². The van der Waals surface area contributed by atoms with Crippen LogP contribution in [0.25, 0.3) is 21.9 Å². The maximum Gasteiger partial charge on any atom is 0.0998 e. The van der Waals surface area contributed by atoms with Crippen molar-refractivity contribution in [3.05, 3.63) is 125 Å². The monoisotopic (exact) mass is 461 g/mol. The number of hydrogen-bond acceptors (Lipinski definition) is 3. The minimum atomic E-state index is -0.0952. The van der Waals surface area contributed by atoms with E-state index in [1.807, 2.05) is 6.07 Å². The first-order chi connectivity index (χ1) is 17.5. The van der Waals surface area contributed by atoms with Gasteiger partial charge < -0.3 is 4.90 Å². The first-order valence-corrected chi connectivity index (χ1v) is 12.0. The molecular weight excluding hydrogens is 438 g/mol. The van der Waals surface area contributed by atoms with E-state index in [0.717, 1.165) is 22.0 Å². The van der Waals surface area contributed by atoms with Gasteiger partial charge in [-0.15, -0.1) is 0 Å². The van der Waals surface area contributed by atoms with Gasteiger partial charge in [0.1, 0.15) is 0 Å². The average Bonchev–Trinajstić information content (AvgIpc) is 2.92.